The van der Waals surface area contributed by atoms with E-state index in [9.17, 15) is 4.79 Å². The third kappa shape index (κ3) is 4.85. The summed E-state index contributed by atoms with van der Waals surface area (Å²) in [5.74, 6) is 0.763. The average Bonchev–Trinajstić information content (AvgIpc) is 2.48. The van der Waals surface area contributed by atoms with E-state index < -0.39 is 5.97 Å². The summed E-state index contributed by atoms with van der Waals surface area (Å²) in [7, 11) is 0. The second kappa shape index (κ2) is 7.90. The van der Waals surface area contributed by atoms with Crippen LogP contribution in [-0.4, -0.2) is 30.8 Å². The molecule has 1 aliphatic rings. The molecule has 1 saturated carbocycles. The number of aliphatic carboxylic acids is 1. The molecule has 0 aliphatic heterocycles. The number of nitrogens with one attached hydrogen (secondary N) is 1. The van der Waals surface area contributed by atoms with E-state index in [1.165, 1.54) is 0 Å². The number of ether oxygens (including phenoxy) is 1. The van der Waals surface area contributed by atoms with Crippen LogP contribution >= 0.6 is 0 Å². The Kier molecular flexibility index (Phi) is 5.87. The van der Waals surface area contributed by atoms with Gasteiger partial charge in [-0.05, 0) is 50.3 Å². The number of carboxylic acids is 1. The highest BCUT2D eigenvalue weighted by Crippen LogP contribution is 2.28. The zero-order valence-corrected chi connectivity index (χ0v) is 11.8. The Hall–Kier alpha value is -1.55. The van der Waals surface area contributed by atoms with E-state index in [4.69, 9.17) is 9.84 Å². The molecule has 1 aliphatic carbocycles. The standard InChI is InChI=1S/C16H23NO3/c18-16(19)14-8-6-13(7-9-14)12-17-10-11-20-15-4-2-1-3-5-15/h1-5,13-14,17H,6-12H2,(H,18,19). The first-order chi connectivity index (χ1) is 9.75. The Balaban J connectivity index is 1.53. The summed E-state index contributed by atoms with van der Waals surface area (Å²) in [5.41, 5.74) is 0. The van der Waals surface area contributed by atoms with Gasteiger partial charge in [-0.25, -0.2) is 0 Å². The van der Waals surface area contributed by atoms with Crippen molar-refractivity contribution in [2.45, 2.75) is 25.7 Å². The second-order valence-electron chi connectivity index (χ2n) is 5.42. The van der Waals surface area contributed by atoms with Gasteiger partial charge in [0.25, 0.3) is 0 Å². The molecule has 0 aromatic heterocycles. The fourth-order valence-corrected chi connectivity index (χ4v) is 2.68. The molecule has 110 valence electrons. The molecule has 4 nitrogen and oxygen atoms in total. The first-order valence-electron chi connectivity index (χ1n) is 7.37. The van der Waals surface area contributed by atoms with Crippen molar-refractivity contribution in [1.82, 2.24) is 5.32 Å². The van der Waals surface area contributed by atoms with Crippen LogP contribution in [-0.2, 0) is 4.79 Å². The Morgan fingerprint density at radius 1 is 1.20 bits per heavy atom. The molecule has 1 fully saturated rings. The maximum absolute atomic E-state index is 10.9. The molecule has 0 bridgehead atoms. The van der Waals surface area contributed by atoms with Crippen molar-refractivity contribution in [2.24, 2.45) is 11.8 Å². The largest absolute Gasteiger partial charge is 0.492 e. The van der Waals surface area contributed by atoms with Gasteiger partial charge < -0.3 is 15.2 Å². The first-order valence-corrected chi connectivity index (χ1v) is 7.37. The Morgan fingerprint density at radius 2 is 1.90 bits per heavy atom. The lowest BCUT2D eigenvalue weighted by molar-refractivity contribution is -0.143. The number of rotatable bonds is 7. The zero-order valence-electron chi connectivity index (χ0n) is 11.8. The maximum atomic E-state index is 10.9. The summed E-state index contributed by atoms with van der Waals surface area (Å²) >= 11 is 0. The van der Waals surface area contributed by atoms with Gasteiger partial charge in [0, 0.05) is 6.54 Å². The van der Waals surface area contributed by atoms with Crippen LogP contribution in [0.5, 0.6) is 5.75 Å². The zero-order chi connectivity index (χ0) is 14.2. The van der Waals surface area contributed by atoms with Crippen molar-refractivity contribution >= 4 is 5.97 Å². The van der Waals surface area contributed by atoms with Gasteiger partial charge in [0.2, 0.25) is 0 Å². The van der Waals surface area contributed by atoms with Crippen LogP contribution in [0, 0.1) is 11.8 Å². The minimum atomic E-state index is -0.632. The molecule has 0 radical (unpaired) electrons. The third-order valence-corrected chi connectivity index (χ3v) is 3.92. The predicted octanol–water partition coefficient (Wildman–Crippen LogP) is 2.55. The van der Waals surface area contributed by atoms with Gasteiger partial charge in [0.1, 0.15) is 12.4 Å². The Bertz CT molecular complexity index is 399. The molecule has 0 unspecified atom stereocenters. The van der Waals surface area contributed by atoms with Gasteiger partial charge in [-0.2, -0.15) is 0 Å². The monoisotopic (exact) mass is 277 g/mol. The minimum Gasteiger partial charge on any atom is -0.492 e. The molecule has 2 rings (SSSR count). The molecule has 1 aromatic rings. The van der Waals surface area contributed by atoms with E-state index in [0.29, 0.717) is 12.5 Å². The molecule has 20 heavy (non-hydrogen) atoms. The van der Waals surface area contributed by atoms with E-state index >= 15 is 0 Å². The van der Waals surface area contributed by atoms with Crippen LogP contribution in [0.25, 0.3) is 0 Å². The van der Waals surface area contributed by atoms with Gasteiger partial charge in [-0.1, -0.05) is 18.2 Å². The lowest BCUT2D eigenvalue weighted by Crippen LogP contribution is -2.30. The topological polar surface area (TPSA) is 58.6 Å². The lowest BCUT2D eigenvalue weighted by Gasteiger charge is -2.26. The molecular weight excluding hydrogens is 254 g/mol. The Labute approximate surface area is 120 Å². The van der Waals surface area contributed by atoms with Crippen molar-refractivity contribution in [3.05, 3.63) is 30.3 Å². The Morgan fingerprint density at radius 3 is 2.55 bits per heavy atom. The van der Waals surface area contributed by atoms with E-state index in [0.717, 1.165) is 44.5 Å². The minimum absolute atomic E-state index is 0.118. The highest BCUT2D eigenvalue weighted by atomic mass is 16.5. The first kappa shape index (κ1) is 14.9. The smallest absolute Gasteiger partial charge is 0.306 e. The lowest BCUT2D eigenvalue weighted by atomic mass is 9.82. The van der Waals surface area contributed by atoms with E-state index in [1.807, 2.05) is 30.3 Å². The second-order valence-corrected chi connectivity index (χ2v) is 5.42. The summed E-state index contributed by atoms with van der Waals surface area (Å²) in [6.07, 6.45) is 3.68. The van der Waals surface area contributed by atoms with Crippen LogP contribution in [0.15, 0.2) is 30.3 Å². The predicted molar refractivity (Wildman–Crippen MR) is 77.9 cm³/mol. The van der Waals surface area contributed by atoms with E-state index in [-0.39, 0.29) is 5.92 Å². The van der Waals surface area contributed by atoms with Crippen LogP contribution in [0.2, 0.25) is 0 Å². The molecule has 0 atom stereocenters. The summed E-state index contributed by atoms with van der Waals surface area (Å²) in [4.78, 5) is 10.9. The molecule has 2 N–H and O–H groups in total. The number of hydrogen-bond acceptors (Lipinski definition) is 3. The molecular formula is C16H23NO3. The molecule has 1 aromatic carbocycles. The highest BCUT2D eigenvalue weighted by molar-refractivity contribution is 5.69. The normalized spacial score (nSPS) is 22.4. The molecule has 0 amide bonds. The van der Waals surface area contributed by atoms with E-state index in [2.05, 4.69) is 5.32 Å². The fraction of sp³-hybridized carbons (Fsp3) is 0.562. The van der Waals surface area contributed by atoms with Gasteiger partial charge in [-0.3, -0.25) is 4.79 Å². The fourth-order valence-electron chi connectivity index (χ4n) is 2.68. The van der Waals surface area contributed by atoms with Gasteiger partial charge in [-0.15, -0.1) is 0 Å². The van der Waals surface area contributed by atoms with Crippen molar-refractivity contribution in [3.63, 3.8) is 0 Å². The van der Waals surface area contributed by atoms with Gasteiger partial charge in [0.05, 0.1) is 5.92 Å². The van der Waals surface area contributed by atoms with Crippen molar-refractivity contribution in [1.29, 1.82) is 0 Å². The molecule has 4 heteroatoms. The van der Waals surface area contributed by atoms with Crippen molar-refractivity contribution in [3.8, 4) is 5.75 Å². The van der Waals surface area contributed by atoms with Crippen LogP contribution in [0.4, 0.5) is 0 Å². The summed E-state index contributed by atoms with van der Waals surface area (Å²) in [5, 5.41) is 12.3. The number of para-hydroxylation sites is 1. The van der Waals surface area contributed by atoms with E-state index in [1.54, 1.807) is 0 Å². The van der Waals surface area contributed by atoms with Gasteiger partial charge >= 0.3 is 5.97 Å². The number of carboxylic acid groups (broad SMARTS) is 1. The van der Waals surface area contributed by atoms with Gasteiger partial charge in [0.15, 0.2) is 0 Å². The molecule has 0 heterocycles. The van der Waals surface area contributed by atoms with Crippen LogP contribution < -0.4 is 10.1 Å². The number of benzene rings is 1. The summed E-state index contributed by atoms with van der Waals surface area (Å²) in [6, 6.07) is 9.80. The third-order valence-electron chi connectivity index (χ3n) is 3.92. The number of hydrogen-bond donors (Lipinski definition) is 2. The highest BCUT2D eigenvalue weighted by Gasteiger charge is 2.25. The quantitative estimate of drug-likeness (QED) is 0.752. The average molecular weight is 277 g/mol. The SMILES string of the molecule is O=C(O)C1CCC(CNCCOc2ccccc2)CC1. The van der Waals surface area contributed by atoms with Crippen LogP contribution in [0.1, 0.15) is 25.7 Å². The molecule has 0 spiro atoms. The van der Waals surface area contributed by atoms with Crippen molar-refractivity contribution in [2.75, 3.05) is 19.7 Å². The summed E-state index contributed by atoms with van der Waals surface area (Å²) in [6.45, 7) is 2.45. The number of carbonyl (C=O) groups is 1. The molecule has 0 saturated heterocycles. The van der Waals surface area contributed by atoms with Crippen molar-refractivity contribution < 1.29 is 14.6 Å². The maximum Gasteiger partial charge on any atom is 0.306 e. The summed E-state index contributed by atoms with van der Waals surface area (Å²) < 4.78 is 5.60. The van der Waals surface area contributed by atoms with Crippen LogP contribution in [0.3, 0.4) is 0 Å².